The van der Waals surface area contributed by atoms with Crippen molar-refractivity contribution in [3.8, 4) is 0 Å². The summed E-state index contributed by atoms with van der Waals surface area (Å²) >= 11 is 9.65. The van der Waals surface area contributed by atoms with Gasteiger partial charge in [-0.05, 0) is 6.42 Å². The zero-order valence-electron chi connectivity index (χ0n) is 6.66. The van der Waals surface area contributed by atoms with Gasteiger partial charge in [0.1, 0.15) is 0 Å². The molecule has 0 radical (unpaired) electrons. The van der Waals surface area contributed by atoms with E-state index < -0.39 is 7.82 Å². The van der Waals surface area contributed by atoms with Crippen LogP contribution in [0, 0.1) is 0 Å². The van der Waals surface area contributed by atoms with E-state index in [1.165, 1.54) is 0 Å². The Bertz CT molecular complexity index is 146. The molecule has 0 aromatic rings. The van der Waals surface area contributed by atoms with Gasteiger partial charge in [-0.2, -0.15) is 8.15 Å². The molecule has 4 nitrogen and oxygen atoms in total. The Kier molecular flexibility index (Phi) is 7.54. The highest BCUT2D eigenvalue weighted by molar-refractivity contribution is 7.50. The highest BCUT2D eigenvalue weighted by Crippen LogP contribution is 2.51. The molecular formula is C5H11Cl2O4P. The molecule has 0 fully saturated rings. The molecule has 0 heterocycles. The Morgan fingerprint density at radius 1 is 1.25 bits per heavy atom. The van der Waals surface area contributed by atoms with Crippen LogP contribution in [-0.2, 0) is 17.2 Å². The highest BCUT2D eigenvalue weighted by atomic mass is 35.5. The van der Waals surface area contributed by atoms with Gasteiger partial charge in [-0.25, -0.2) is 4.57 Å². The molecular weight excluding hydrogens is 226 g/mol. The van der Waals surface area contributed by atoms with E-state index in [0.29, 0.717) is 0 Å². The number of phosphoric acid groups is 1. The molecule has 0 spiro atoms. The van der Waals surface area contributed by atoms with Crippen LogP contribution in [0.4, 0.5) is 0 Å². The van der Waals surface area contributed by atoms with Gasteiger partial charge in [-0.15, -0.1) is 0 Å². The van der Waals surface area contributed by atoms with Gasteiger partial charge in [0.15, 0.2) is 0 Å². The number of halogens is 2. The zero-order chi connectivity index (χ0) is 9.45. The molecule has 12 heavy (non-hydrogen) atoms. The predicted molar refractivity (Wildman–Crippen MR) is 47.0 cm³/mol. The molecule has 0 aliphatic heterocycles. The van der Waals surface area contributed by atoms with Crippen molar-refractivity contribution in [2.24, 2.45) is 0 Å². The lowest BCUT2D eigenvalue weighted by Crippen LogP contribution is -1.93. The average Bonchev–Trinajstić information content (AvgIpc) is 2.12. The van der Waals surface area contributed by atoms with Gasteiger partial charge in [-0.1, -0.05) is 19.8 Å². The van der Waals surface area contributed by atoms with Crippen LogP contribution in [-0.4, -0.2) is 6.61 Å². The van der Waals surface area contributed by atoms with E-state index in [0.717, 1.165) is 19.3 Å². The third kappa shape index (κ3) is 5.36. The van der Waals surface area contributed by atoms with Crippen molar-refractivity contribution in [1.29, 1.82) is 0 Å². The minimum absolute atomic E-state index is 0.255. The highest BCUT2D eigenvalue weighted by Gasteiger charge is 2.25. The zero-order valence-corrected chi connectivity index (χ0v) is 9.07. The van der Waals surface area contributed by atoms with Crippen LogP contribution in [0.3, 0.4) is 0 Å². The van der Waals surface area contributed by atoms with Gasteiger partial charge in [0.2, 0.25) is 0 Å². The summed E-state index contributed by atoms with van der Waals surface area (Å²) in [4.78, 5) is 0. The molecule has 0 atom stereocenters. The fourth-order valence-electron chi connectivity index (χ4n) is 0.579. The lowest BCUT2D eigenvalue weighted by atomic mass is 10.3. The fourth-order valence-corrected chi connectivity index (χ4v) is 1.53. The molecule has 0 rings (SSSR count). The normalized spacial score (nSPS) is 11.9. The van der Waals surface area contributed by atoms with Crippen molar-refractivity contribution >= 4 is 31.6 Å². The SMILES string of the molecule is CCCCCOP(=O)(OCl)OCl. The summed E-state index contributed by atoms with van der Waals surface area (Å²) in [5.74, 6) is 0. The molecule has 0 saturated carbocycles. The molecule has 0 unspecified atom stereocenters. The van der Waals surface area contributed by atoms with Crippen LogP contribution in [0.5, 0.6) is 0 Å². The van der Waals surface area contributed by atoms with Crippen molar-refractivity contribution in [2.45, 2.75) is 26.2 Å². The van der Waals surface area contributed by atoms with Crippen LogP contribution < -0.4 is 0 Å². The van der Waals surface area contributed by atoms with E-state index in [9.17, 15) is 4.57 Å². The summed E-state index contributed by atoms with van der Waals surface area (Å²) < 4.78 is 23.5. The Morgan fingerprint density at radius 2 is 1.83 bits per heavy atom. The van der Waals surface area contributed by atoms with Crippen molar-refractivity contribution in [3.05, 3.63) is 0 Å². The maximum Gasteiger partial charge on any atom is 0.507 e. The lowest BCUT2D eigenvalue weighted by molar-refractivity contribution is 0.215. The van der Waals surface area contributed by atoms with E-state index in [1.807, 2.05) is 6.92 Å². The molecule has 7 heteroatoms. The summed E-state index contributed by atoms with van der Waals surface area (Å²) in [6.07, 6.45) is 2.78. The standard InChI is InChI=1S/C5H11Cl2O4P/c1-2-3-4-5-9-12(8,10-6)11-7/h2-5H2,1H3. The second-order valence-corrected chi connectivity index (χ2v) is 4.38. The van der Waals surface area contributed by atoms with Crippen LogP contribution in [0.15, 0.2) is 0 Å². The number of unbranched alkanes of at least 4 members (excludes halogenated alkanes) is 2. The van der Waals surface area contributed by atoms with E-state index in [4.69, 9.17) is 23.7 Å². The Labute approximate surface area is 82.0 Å². The van der Waals surface area contributed by atoms with E-state index in [-0.39, 0.29) is 6.61 Å². The number of hydrogen-bond acceptors (Lipinski definition) is 4. The summed E-state index contributed by atoms with van der Waals surface area (Å²) in [7, 11) is -3.69. The number of hydrogen-bond donors (Lipinski definition) is 0. The number of rotatable bonds is 7. The Hall–Kier alpha value is 0.690. The quantitative estimate of drug-likeness (QED) is 0.500. The third-order valence-corrected chi connectivity index (χ3v) is 3.02. The van der Waals surface area contributed by atoms with Crippen molar-refractivity contribution in [1.82, 2.24) is 0 Å². The third-order valence-electron chi connectivity index (χ3n) is 1.17. The van der Waals surface area contributed by atoms with Crippen LogP contribution in [0.2, 0.25) is 0 Å². The minimum atomic E-state index is -3.69. The van der Waals surface area contributed by atoms with Gasteiger partial charge < -0.3 is 0 Å². The van der Waals surface area contributed by atoms with Crippen molar-refractivity contribution in [2.75, 3.05) is 6.61 Å². The van der Waals surface area contributed by atoms with E-state index in [2.05, 4.69) is 12.7 Å². The Morgan fingerprint density at radius 3 is 2.25 bits per heavy atom. The first-order chi connectivity index (χ1) is 5.68. The van der Waals surface area contributed by atoms with Gasteiger partial charge >= 0.3 is 7.82 Å². The largest absolute Gasteiger partial charge is 0.507 e. The van der Waals surface area contributed by atoms with Crippen LogP contribution >= 0.6 is 31.6 Å². The van der Waals surface area contributed by atoms with Crippen molar-refractivity contribution in [3.63, 3.8) is 0 Å². The monoisotopic (exact) mass is 236 g/mol. The second kappa shape index (κ2) is 7.13. The van der Waals surface area contributed by atoms with E-state index in [1.54, 1.807) is 0 Å². The molecule has 0 bridgehead atoms. The lowest BCUT2D eigenvalue weighted by Gasteiger charge is -2.08. The molecule has 0 aromatic carbocycles. The average molecular weight is 237 g/mol. The van der Waals surface area contributed by atoms with Crippen LogP contribution in [0.25, 0.3) is 0 Å². The molecule has 0 aromatic heterocycles. The summed E-state index contributed by atoms with van der Waals surface area (Å²) in [5, 5.41) is 0. The molecule has 0 N–H and O–H groups in total. The summed E-state index contributed by atoms with van der Waals surface area (Å²) in [6.45, 7) is 2.29. The van der Waals surface area contributed by atoms with E-state index >= 15 is 0 Å². The summed E-state index contributed by atoms with van der Waals surface area (Å²) in [5.41, 5.74) is 0. The topological polar surface area (TPSA) is 44.8 Å². The second-order valence-electron chi connectivity index (χ2n) is 2.13. The predicted octanol–water partition coefficient (Wildman–Crippen LogP) is 3.64. The minimum Gasteiger partial charge on any atom is -0.285 e. The van der Waals surface area contributed by atoms with Gasteiger partial charge in [0, 0.05) is 0 Å². The molecule has 0 aliphatic carbocycles. The van der Waals surface area contributed by atoms with Gasteiger partial charge in [-0.3, -0.25) is 4.52 Å². The Balaban J connectivity index is 3.52. The van der Waals surface area contributed by atoms with Gasteiger partial charge in [0.25, 0.3) is 0 Å². The van der Waals surface area contributed by atoms with Gasteiger partial charge in [0.05, 0.1) is 30.3 Å². The first kappa shape index (κ1) is 12.7. The van der Waals surface area contributed by atoms with Crippen LogP contribution in [0.1, 0.15) is 26.2 Å². The molecule has 0 amide bonds. The summed E-state index contributed by atoms with van der Waals surface area (Å²) in [6, 6.07) is 0. The first-order valence-electron chi connectivity index (χ1n) is 3.53. The molecule has 74 valence electrons. The molecule has 0 saturated heterocycles. The first-order valence-corrected chi connectivity index (χ1v) is 5.61. The van der Waals surface area contributed by atoms with Crippen molar-refractivity contribution < 1.29 is 17.2 Å². The maximum absolute atomic E-state index is 11.0. The smallest absolute Gasteiger partial charge is 0.285 e. The fraction of sp³-hybridized carbons (Fsp3) is 1.00. The maximum atomic E-state index is 11.0. The molecule has 0 aliphatic rings.